The van der Waals surface area contributed by atoms with Gasteiger partial charge in [-0.3, -0.25) is 19.4 Å². The van der Waals surface area contributed by atoms with Crippen molar-refractivity contribution in [3.05, 3.63) is 29.6 Å². The summed E-state index contributed by atoms with van der Waals surface area (Å²) in [6.45, 7) is 4.45. The molecule has 2 atom stereocenters. The first kappa shape index (κ1) is 15.5. The maximum absolute atomic E-state index is 12.6. The van der Waals surface area contributed by atoms with Gasteiger partial charge >= 0.3 is 0 Å². The molecule has 0 aromatic carbocycles. The van der Waals surface area contributed by atoms with Crippen LogP contribution in [0.5, 0.6) is 0 Å². The van der Waals surface area contributed by atoms with E-state index in [0.717, 1.165) is 5.56 Å². The quantitative estimate of drug-likeness (QED) is 0.829. The molecule has 7 nitrogen and oxygen atoms in total. The van der Waals surface area contributed by atoms with Gasteiger partial charge in [-0.2, -0.15) is 0 Å². The highest BCUT2D eigenvalue weighted by Crippen LogP contribution is 2.24. The van der Waals surface area contributed by atoms with Crippen LogP contribution in [-0.2, 0) is 9.59 Å². The second-order valence-electron chi connectivity index (χ2n) is 6.27. The van der Waals surface area contributed by atoms with Crippen molar-refractivity contribution in [2.75, 3.05) is 19.6 Å². The van der Waals surface area contributed by atoms with E-state index in [1.54, 1.807) is 22.1 Å². The highest BCUT2D eigenvalue weighted by Gasteiger charge is 2.41. The molecule has 0 spiro atoms. The molecule has 0 aliphatic carbocycles. The first-order valence-corrected chi connectivity index (χ1v) is 7.71. The van der Waals surface area contributed by atoms with Crippen LogP contribution in [0.25, 0.3) is 0 Å². The number of nitrogens with zero attached hydrogens (tertiary/aromatic N) is 3. The van der Waals surface area contributed by atoms with E-state index in [0.29, 0.717) is 25.1 Å². The number of aromatic nitrogens is 1. The fourth-order valence-corrected chi connectivity index (χ4v) is 3.37. The van der Waals surface area contributed by atoms with Crippen molar-refractivity contribution in [2.24, 2.45) is 0 Å². The van der Waals surface area contributed by atoms with Crippen LogP contribution >= 0.6 is 0 Å². The van der Waals surface area contributed by atoms with Gasteiger partial charge < -0.3 is 15.1 Å². The summed E-state index contributed by atoms with van der Waals surface area (Å²) < 4.78 is 0. The summed E-state index contributed by atoms with van der Waals surface area (Å²) in [6, 6.07) is 1.72. The van der Waals surface area contributed by atoms with Crippen LogP contribution in [0, 0.1) is 6.92 Å². The summed E-state index contributed by atoms with van der Waals surface area (Å²) in [6.07, 6.45) is 3.90. The fourth-order valence-electron chi connectivity index (χ4n) is 3.37. The summed E-state index contributed by atoms with van der Waals surface area (Å²) in [5, 5.41) is 2.86. The zero-order chi connectivity index (χ0) is 16.6. The molecule has 1 aromatic heterocycles. The smallest absolute Gasteiger partial charge is 0.255 e. The number of aryl methyl sites for hydroxylation is 1. The van der Waals surface area contributed by atoms with Crippen molar-refractivity contribution in [1.82, 2.24) is 20.1 Å². The molecule has 122 valence electrons. The Morgan fingerprint density at radius 3 is 2.78 bits per heavy atom. The van der Waals surface area contributed by atoms with Gasteiger partial charge in [0.15, 0.2) is 0 Å². The Labute approximate surface area is 134 Å². The fraction of sp³-hybridized carbons (Fsp3) is 0.500. The lowest BCUT2D eigenvalue weighted by Crippen LogP contribution is -2.55. The molecule has 0 saturated carbocycles. The lowest BCUT2D eigenvalue weighted by molar-refractivity contribution is -0.136. The number of amides is 3. The van der Waals surface area contributed by atoms with E-state index in [-0.39, 0.29) is 36.3 Å². The van der Waals surface area contributed by atoms with Gasteiger partial charge in [0.05, 0.1) is 11.6 Å². The molecule has 2 aliphatic rings. The average Bonchev–Trinajstić information content (AvgIpc) is 2.88. The van der Waals surface area contributed by atoms with E-state index in [1.165, 1.54) is 13.1 Å². The number of carbonyl (C=O) groups is 3. The molecule has 0 radical (unpaired) electrons. The van der Waals surface area contributed by atoms with E-state index in [9.17, 15) is 14.4 Å². The predicted octanol–water partition coefficient (Wildman–Crippen LogP) is -0.0486. The number of piperazine rings is 1. The largest absolute Gasteiger partial charge is 0.352 e. The maximum Gasteiger partial charge on any atom is 0.255 e. The third-order valence-corrected chi connectivity index (χ3v) is 4.31. The Bertz CT molecular complexity index is 660. The van der Waals surface area contributed by atoms with Gasteiger partial charge in [-0.25, -0.2) is 0 Å². The Morgan fingerprint density at radius 1 is 1.30 bits per heavy atom. The highest BCUT2D eigenvalue weighted by molar-refractivity contribution is 5.97. The Balaban J connectivity index is 1.72. The SMILES string of the molecule is CC(=O)N[C@H]1C[C@H]2CN(C(=O)c3cncc(C)c3)CC(=O)N2C1. The normalized spacial score (nSPS) is 23.7. The van der Waals surface area contributed by atoms with Crippen molar-refractivity contribution < 1.29 is 14.4 Å². The molecule has 0 unspecified atom stereocenters. The molecule has 7 heteroatoms. The average molecular weight is 316 g/mol. The Hall–Kier alpha value is -2.44. The summed E-state index contributed by atoms with van der Waals surface area (Å²) in [4.78, 5) is 43.5. The summed E-state index contributed by atoms with van der Waals surface area (Å²) in [5.74, 6) is -0.332. The molecule has 2 fully saturated rings. The molecule has 1 aromatic rings. The first-order chi connectivity index (χ1) is 10.9. The maximum atomic E-state index is 12.6. The monoisotopic (exact) mass is 316 g/mol. The molecule has 0 bridgehead atoms. The molecule has 3 amide bonds. The molecule has 23 heavy (non-hydrogen) atoms. The topological polar surface area (TPSA) is 82.6 Å². The van der Waals surface area contributed by atoms with Gasteiger partial charge in [-0.15, -0.1) is 0 Å². The molecule has 3 rings (SSSR count). The Kier molecular flexibility index (Phi) is 4.02. The third kappa shape index (κ3) is 3.18. The van der Waals surface area contributed by atoms with Gasteiger partial charge in [0, 0.05) is 38.4 Å². The third-order valence-electron chi connectivity index (χ3n) is 4.31. The Morgan fingerprint density at radius 2 is 2.09 bits per heavy atom. The second kappa shape index (κ2) is 5.98. The highest BCUT2D eigenvalue weighted by atomic mass is 16.2. The molecule has 2 saturated heterocycles. The van der Waals surface area contributed by atoms with Crippen LogP contribution in [-0.4, -0.2) is 64.2 Å². The molecule has 2 aliphatic heterocycles. The zero-order valence-corrected chi connectivity index (χ0v) is 13.3. The molecule has 1 N–H and O–H groups in total. The number of pyridine rings is 1. The zero-order valence-electron chi connectivity index (χ0n) is 13.3. The first-order valence-electron chi connectivity index (χ1n) is 7.71. The minimum Gasteiger partial charge on any atom is -0.352 e. The summed E-state index contributed by atoms with van der Waals surface area (Å²) >= 11 is 0. The van der Waals surface area contributed by atoms with Crippen molar-refractivity contribution in [1.29, 1.82) is 0 Å². The van der Waals surface area contributed by atoms with Gasteiger partial charge in [0.25, 0.3) is 5.91 Å². The van der Waals surface area contributed by atoms with Crippen LogP contribution in [0.3, 0.4) is 0 Å². The number of nitrogens with one attached hydrogen (secondary N) is 1. The van der Waals surface area contributed by atoms with E-state index < -0.39 is 0 Å². The molecular formula is C16H20N4O3. The second-order valence-corrected chi connectivity index (χ2v) is 6.27. The van der Waals surface area contributed by atoms with Crippen LogP contribution in [0.4, 0.5) is 0 Å². The van der Waals surface area contributed by atoms with Crippen LogP contribution in [0.1, 0.15) is 29.3 Å². The van der Waals surface area contributed by atoms with Gasteiger partial charge in [-0.1, -0.05) is 0 Å². The lowest BCUT2D eigenvalue weighted by Gasteiger charge is -2.36. The number of rotatable bonds is 2. The number of fused-ring (bicyclic) bond motifs is 1. The predicted molar refractivity (Wildman–Crippen MR) is 82.6 cm³/mol. The summed E-state index contributed by atoms with van der Waals surface area (Å²) in [7, 11) is 0. The van der Waals surface area contributed by atoms with Gasteiger partial charge in [-0.05, 0) is 25.0 Å². The van der Waals surface area contributed by atoms with Crippen LogP contribution < -0.4 is 5.32 Å². The van der Waals surface area contributed by atoms with E-state index >= 15 is 0 Å². The minimum absolute atomic E-state index is 0.0304. The van der Waals surface area contributed by atoms with Gasteiger partial charge in [0.2, 0.25) is 11.8 Å². The van der Waals surface area contributed by atoms with E-state index in [4.69, 9.17) is 0 Å². The van der Waals surface area contributed by atoms with Crippen molar-refractivity contribution in [3.8, 4) is 0 Å². The molecule has 3 heterocycles. The van der Waals surface area contributed by atoms with Crippen molar-refractivity contribution >= 4 is 17.7 Å². The van der Waals surface area contributed by atoms with Crippen LogP contribution in [0.15, 0.2) is 18.5 Å². The minimum atomic E-state index is -0.169. The molecular weight excluding hydrogens is 296 g/mol. The van der Waals surface area contributed by atoms with E-state index in [2.05, 4.69) is 10.3 Å². The number of hydrogen-bond donors (Lipinski definition) is 1. The standard InChI is InChI=1S/C16H20N4O3/c1-10-3-12(6-17-5-10)16(23)19-8-14-4-13(18-11(2)21)7-20(14)15(22)9-19/h3,5-6,13-14H,4,7-9H2,1-2H3,(H,18,21)/t13-,14-/m0/s1. The van der Waals surface area contributed by atoms with E-state index in [1.807, 2.05) is 6.92 Å². The summed E-state index contributed by atoms with van der Waals surface area (Å²) in [5.41, 5.74) is 1.41. The van der Waals surface area contributed by atoms with Crippen molar-refractivity contribution in [2.45, 2.75) is 32.4 Å². The van der Waals surface area contributed by atoms with Gasteiger partial charge in [0.1, 0.15) is 6.54 Å². The number of carbonyl (C=O) groups excluding carboxylic acids is 3. The number of hydrogen-bond acceptors (Lipinski definition) is 4. The lowest BCUT2D eigenvalue weighted by atomic mass is 10.1. The van der Waals surface area contributed by atoms with Crippen molar-refractivity contribution in [3.63, 3.8) is 0 Å². The van der Waals surface area contributed by atoms with Crippen LogP contribution in [0.2, 0.25) is 0 Å².